The van der Waals surface area contributed by atoms with Crippen molar-refractivity contribution < 1.29 is 0 Å². The molecule has 1 aromatic heterocycles. The number of benzene rings is 1. The van der Waals surface area contributed by atoms with Gasteiger partial charge in [-0.05, 0) is 18.2 Å². The van der Waals surface area contributed by atoms with E-state index in [1.54, 1.807) is 11.3 Å². The topological polar surface area (TPSA) is 38.9 Å². The summed E-state index contributed by atoms with van der Waals surface area (Å²) in [5.41, 5.74) is 7.62. The molecule has 0 aliphatic heterocycles. The fraction of sp³-hybridized carbons (Fsp3) is 0.364. The molecule has 2 N–H and O–H groups in total. The van der Waals surface area contributed by atoms with Crippen molar-refractivity contribution >= 4 is 27.2 Å². The first-order chi connectivity index (χ1) is 6.47. The minimum absolute atomic E-state index is 0.123. The summed E-state index contributed by atoms with van der Waals surface area (Å²) in [4.78, 5) is 4.58. The molecule has 14 heavy (non-hydrogen) atoms. The molecule has 0 atom stereocenters. The van der Waals surface area contributed by atoms with Crippen LogP contribution in [0, 0.1) is 0 Å². The molecule has 1 heterocycles. The molecule has 74 valence electrons. The summed E-state index contributed by atoms with van der Waals surface area (Å²) in [6, 6.07) is 5.89. The van der Waals surface area contributed by atoms with Crippen LogP contribution in [0.25, 0.3) is 10.2 Å². The van der Waals surface area contributed by atoms with Gasteiger partial charge in [-0.25, -0.2) is 4.98 Å². The number of anilines is 1. The Morgan fingerprint density at radius 1 is 1.29 bits per heavy atom. The van der Waals surface area contributed by atoms with Gasteiger partial charge in [-0.2, -0.15) is 0 Å². The Bertz CT molecular complexity index is 466. The first-order valence-corrected chi connectivity index (χ1v) is 5.45. The minimum atomic E-state index is 0.123. The van der Waals surface area contributed by atoms with Crippen LogP contribution in [0.4, 0.5) is 5.69 Å². The number of rotatable bonds is 0. The zero-order valence-corrected chi connectivity index (χ0v) is 9.48. The van der Waals surface area contributed by atoms with Gasteiger partial charge >= 0.3 is 0 Å². The molecule has 0 aliphatic rings. The molecule has 0 spiro atoms. The van der Waals surface area contributed by atoms with Crippen molar-refractivity contribution in [3.05, 3.63) is 23.2 Å². The van der Waals surface area contributed by atoms with E-state index in [0.717, 1.165) is 16.2 Å². The molecule has 0 fully saturated rings. The van der Waals surface area contributed by atoms with Crippen LogP contribution in [0.15, 0.2) is 18.2 Å². The van der Waals surface area contributed by atoms with E-state index < -0.39 is 0 Å². The van der Waals surface area contributed by atoms with Gasteiger partial charge in [-0.1, -0.05) is 20.8 Å². The average molecular weight is 206 g/mol. The molecular formula is C11H14N2S. The molecular weight excluding hydrogens is 192 g/mol. The van der Waals surface area contributed by atoms with Crippen LogP contribution < -0.4 is 5.73 Å². The van der Waals surface area contributed by atoms with Crippen LogP contribution in [0.5, 0.6) is 0 Å². The smallest absolute Gasteiger partial charge is 0.0992 e. The highest BCUT2D eigenvalue weighted by Gasteiger charge is 2.18. The third kappa shape index (κ3) is 1.60. The zero-order valence-electron chi connectivity index (χ0n) is 8.66. The SMILES string of the molecule is CC(C)(C)c1nc2cc(N)ccc2s1. The van der Waals surface area contributed by atoms with E-state index >= 15 is 0 Å². The van der Waals surface area contributed by atoms with Gasteiger partial charge in [0.2, 0.25) is 0 Å². The zero-order chi connectivity index (χ0) is 10.3. The van der Waals surface area contributed by atoms with Gasteiger partial charge in [-0.15, -0.1) is 11.3 Å². The summed E-state index contributed by atoms with van der Waals surface area (Å²) in [6.45, 7) is 6.52. The molecule has 3 heteroatoms. The second kappa shape index (κ2) is 2.95. The standard InChI is InChI=1S/C11H14N2S/c1-11(2,3)10-13-8-6-7(12)4-5-9(8)14-10/h4-6H,12H2,1-3H3. The third-order valence-electron chi connectivity index (χ3n) is 2.05. The van der Waals surface area contributed by atoms with Crippen molar-refractivity contribution in [1.82, 2.24) is 4.98 Å². The van der Waals surface area contributed by atoms with Gasteiger partial charge in [0, 0.05) is 11.1 Å². The maximum absolute atomic E-state index is 5.71. The number of nitrogen functional groups attached to an aromatic ring is 1. The number of hydrogen-bond acceptors (Lipinski definition) is 3. The molecule has 2 aromatic rings. The lowest BCUT2D eigenvalue weighted by atomic mass is 9.98. The summed E-state index contributed by atoms with van der Waals surface area (Å²) in [6.07, 6.45) is 0. The Labute approximate surface area is 87.8 Å². The number of thiazole rings is 1. The summed E-state index contributed by atoms with van der Waals surface area (Å²) < 4.78 is 1.21. The normalized spacial score (nSPS) is 12.2. The average Bonchev–Trinajstić information content (AvgIpc) is 2.45. The Kier molecular flexibility index (Phi) is 2.00. The van der Waals surface area contributed by atoms with Gasteiger partial charge in [0.1, 0.15) is 0 Å². The Balaban J connectivity index is 2.63. The van der Waals surface area contributed by atoms with Crippen molar-refractivity contribution in [2.45, 2.75) is 26.2 Å². The number of nitrogens with zero attached hydrogens (tertiary/aromatic N) is 1. The maximum Gasteiger partial charge on any atom is 0.0992 e. The van der Waals surface area contributed by atoms with Crippen LogP contribution in [0.1, 0.15) is 25.8 Å². The molecule has 0 unspecified atom stereocenters. The summed E-state index contributed by atoms with van der Waals surface area (Å²) in [5, 5.41) is 1.16. The quantitative estimate of drug-likeness (QED) is 0.672. The lowest BCUT2D eigenvalue weighted by Gasteiger charge is -2.13. The van der Waals surface area contributed by atoms with Crippen molar-refractivity contribution in [3.8, 4) is 0 Å². The molecule has 1 aromatic carbocycles. The lowest BCUT2D eigenvalue weighted by molar-refractivity contribution is 0.587. The van der Waals surface area contributed by atoms with E-state index in [0.29, 0.717) is 0 Å². The molecule has 2 rings (SSSR count). The number of hydrogen-bond donors (Lipinski definition) is 1. The van der Waals surface area contributed by atoms with Crippen molar-refractivity contribution in [2.24, 2.45) is 0 Å². The van der Waals surface area contributed by atoms with Crippen LogP contribution in [-0.4, -0.2) is 4.98 Å². The monoisotopic (exact) mass is 206 g/mol. The summed E-state index contributed by atoms with van der Waals surface area (Å²) in [5.74, 6) is 0. The lowest BCUT2D eigenvalue weighted by Crippen LogP contribution is -2.09. The Morgan fingerprint density at radius 2 is 2.00 bits per heavy atom. The first kappa shape index (κ1) is 9.46. The largest absolute Gasteiger partial charge is 0.399 e. The highest BCUT2D eigenvalue weighted by Crippen LogP contribution is 2.31. The fourth-order valence-corrected chi connectivity index (χ4v) is 2.27. The molecule has 0 amide bonds. The second-order valence-electron chi connectivity index (χ2n) is 4.50. The highest BCUT2D eigenvalue weighted by molar-refractivity contribution is 7.18. The van der Waals surface area contributed by atoms with Crippen LogP contribution in [0.2, 0.25) is 0 Å². The van der Waals surface area contributed by atoms with Crippen LogP contribution in [0.3, 0.4) is 0 Å². The van der Waals surface area contributed by atoms with Gasteiger partial charge in [0.25, 0.3) is 0 Å². The van der Waals surface area contributed by atoms with Crippen LogP contribution in [-0.2, 0) is 5.41 Å². The summed E-state index contributed by atoms with van der Waals surface area (Å²) >= 11 is 1.75. The van der Waals surface area contributed by atoms with Crippen molar-refractivity contribution in [3.63, 3.8) is 0 Å². The van der Waals surface area contributed by atoms with E-state index in [1.165, 1.54) is 4.70 Å². The Morgan fingerprint density at radius 3 is 2.64 bits per heavy atom. The molecule has 0 bridgehead atoms. The second-order valence-corrected chi connectivity index (χ2v) is 5.53. The maximum atomic E-state index is 5.71. The predicted molar refractivity (Wildman–Crippen MR) is 62.7 cm³/mol. The van der Waals surface area contributed by atoms with E-state index in [4.69, 9.17) is 5.73 Å². The number of aromatic nitrogens is 1. The van der Waals surface area contributed by atoms with E-state index in [1.807, 2.05) is 18.2 Å². The molecule has 0 aliphatic carbocycles. The molecule has 2 nitrogen and oxygen atoms in total. The van der Waals surface area contributed by atoms with Crippen molar-refractivity contribution in [1.29, 1.82) is 0 Å². The molecule has 0 radical (unpaired) electrons. The fourth-order valence-electron chi connectivity index (χ4n) is 1.27. The highest BCUT2D eigenvalue weighted by atomic mass is 32.1. The first-order valence-electron chi connectivity index (χ1n) is 4.63. The van der Waals surface area contributed by atoms with Gasteiger partial charge in [0.15, 0.2) is 0 Å². The van der Waals surface area contributed by atoms with Gasteiger partial charge in [-0.3, -0.25) is 0 Å². The third-order valence-corrected chi connectivity index (χ3v) is 3.52. The van der Waals surface area contributed by atoms with Crippen molar-refractivity contribution in [2.75, 3.05) is 5.73 Å². The van der Waals surface area contributed by atoms with Crippen LogP contribution >= 0.6 is 11.3 Å². The van der Waals surface area contributed by atoms with E-state index in [2.05, 4.69) is 25.8 Å². The van der Waals surface area contributed by atoms with Gasteiger partial charge < -0.3 is 5.73 Å². The molecule has 0 saturated heterocycles. The van der Waals surface area contributed by atoms with E-state index in [-0.39, 0.29) is 5.41 Å². The number of nitrogens with two attached hydrogens (primary N) is 1. The van der Waals surface area contributed by atoms with E-state index in [9.17, 15) is 0 Å². The Hall–Kier alpha value is -1.09. The predicted octanol–water partition coefficient (Wildman–Crippen LogP) is 3.18. The number of fused-ring (bicyclic) bond motifs is 1. The molecule has 0 saturated carbocycles. The minimum Gasteiger partial charge on any atom is -0.399 e. The summed E-state index contributed by atoms with van der Waals surface area (Å²) in [7, 11) is 0. The van der Waals surface area contributed by atoms with Gasteiger partial charge in [0.05, 0.1) is 15.2 Å².